The SMILES string of the molecule is Cc1cc(C)n(-c2ccc(C(=O)OCc3csc(CC(=O)Nc4ccccc4C)n3)cc2)n1. The Labute approximate surface area is 196 Å². The minimum atomic E-state index is -0.429. The Bertz CT molecular complexity index is 1290. The number of thiazole rings is 1. The van der Waals surface area contributed by atoms with E-state index in [-0.39, 0.29) is 18.9 Å². The van der Waals surface area contributed by atoms with Crippen molar-refractivity contribution in [2.75, 3.05) is 5.32 Å². The van der Waals surface area contributed by atoms with Crippen molar-refractivity contribution in [1.29, 1.82) is 0 Å². The number of aromatic nitrogens is 3. The molecular formula is C25H24N4O3S. The first kappa shape index (κ1) is 22.4. The monoisotopic (exact) mass is 460 g/mol. The molecule has 1 N–H and O–H groups in total. The lowest BCUT2D eigenvalue weighted by Gasteiger charge is -2.07. The number of anilines is 1. The van der Waals surface area contributed by atoms with Crippen molar-refractivity contribution in [2.45, 2.75) is 33.8 Å². The van der Waals surface area contributed by atoms with Gasteiger partial charge in [-0.3, -0.25) is 4.79 Å². The molecule has 0 aliphatic heterocycles. The molecule has 33 heavy (non-hydrogen) atoms. The quantitative estimate of drug-likeness (QED) is 0.401. The Hall–Kier alpha value is -3.78. The van der Waals surface area contributed by atoms with Crippen LogP contribution in [0.3, 0.4) is 0 Å². The number of hydrogen-bond acceptors (Lipinski definition) is 6. The summed E-state index contributed by atoms with van der Waals surface area (Å²) < 4.78 is 7.23. The van der Waals surface area contributed by atoms with Gasteiger partial charge in [0.15, 0.2) is 0 Å². The Balaban J connectivity index is 1.30. The van der Waals surface area contributed by atoms with E-state index in [0.29, 0.717) is 16.3 Å². The van der Waals surface area contributed by atoms with E-state index in [1.807, 2.05) is 67.9 Å². The molecule has 0 saturated carbocycles. The molecule has 2 aromatic heterocycles. The third-order valence-electron chi connectivity index (χ3n) is 5.04. The van der Waals surface area contributed by atoms with Gasteiger partial charge >= 0.3 is 5.97 Å². The number of para-hydroxylation sites is 1. The number of ether oxygens (including phenoxy) is 1. The Morgan fingerprint density at radius 2 is 1.82 bits per heavy atom. The molecule has 0 aliphatic rings. The number of aryl methyl sites for hydroxylation is 3. The molecule has 0 atom stereocenters. The summed E-state index contributed by atoms with van der Waals surface area (Å²) >= 11 is 1.37. The van der Waals surface area contributed by atoms with Crippen molar-refractivity contribution in [3.8, 4) is 5.69 Å². The highest BCUT2D eigenvalue weighted by Crippen LogP contribution is 2.17. The summed E-state index contributed by atoms with van der Waals surface area (Å²) in [5, 5.41) is 9.81. The van der Waals surface area contributed by atoms with Gasteiger partial charge < -0.3 is 10.1 Å². The molecule has 0 unspecified atom stereocenters. The summed E-state index contributed by atoms with van der Waals surface area (Å²) in [4.78, 5) is 29.1. The molecule has 0 radical (unpaired) electrons. The summed E-state index contributed by atoms with van der Waals surface area (Å²) in [6.45, 7) is 5.92. The Morgan fingerprint density at radius 1 is 1.06 bits per heavy atom. The zero-order chi connectivity index (χ0) is 23.4. The van der Waals surface area contributed by atoms with E-state index >= 15 is 0 Å². The lowest BCUT2D eigenvalue weighted by molar-refractivity contribution is -0.115. The van der Waals surface area contributed by atoms with Gasteiger partial charge in [-0.2, -0.15) is 5.10 Å². The van der Waals surface area contributed by atoms with E-state index in [0.717, 1.165) is 28.3 Å². The summed E-state index contributed by atoms with van der Waals surface area (Å²) in [6, 6.07) is 16.7. The van der Waals surface area contributed by atoms with Crippen molar-refractivity contribution >= 4 is 28.9 Å². The maximum atomic E-state index is 12.4. The molecule has 0 spiro atoms. The largest absolute Gasteiger partial charge is 0.456 e. The molecule has 0 fully saturated rings. The number of rotatable bonds is 7. The fourth-order valence-corrected chi connectivity index (χ4v) is 4.17. The average molecular weight is 461 g/mol. The van der Waals surface area contributed by atoms with Crippen LogP contribution in [0.2, 0.25) is 0 Å². The van der Waals surface area contributed by atoms with Gasteiger partial charge in [0.05, 0.1) is 29.1 Å². The van der Waals surface area contributed by atoms with Crippen LogP contribution in [0, 0.1) is 20.8 Å². The normalized spacial score (nSPS) is 10.8. The molecular weight excluding hydrogens is 436 g/mol. The van der Waals surface area contributed by atoms with Crippen LogP contribution in [-0.4, -0.2) is 26.6 Å². The highest BCUT2D eigenvalue weighted by molar-refractivity contribution is 7.09. The number of carbonyl (C=O) groups excluding carboxylic acids is 2. The predicted octanol–water partition coefficient (Wildman–Crippen LogP) is 4.79. The molecule has 4 rings (SSSR count). The van der Waals surface area contributed by atoms with Crippen LogP contribution in [0.4, 0.5) is 5.69 Å². The minimum absolute atomic E-state index is 0.0496. The number of hydrogen-bond donors (Lipinski definition) is 1. The molecule has 0 bridgehead atoms. The van der Waals surface area contributed by atoms with Gasteiger partial charge in [0.1, 0.15) is 11.6 Å². The summed E-state index contributed by atoms with van der Waals surface area (Å²) in [7, 11) is 0. The lowest BCUT2D eigenvalue weighted by Crippen LogP contribution is -2.15. The van der Waals surface area contributed by atoms with Crippen LogP contribution in [0.5, 0.6) is 0 Å². The van der Waals surface area contributed by atoms with E-state index in [1.54, 1.807) is 17.5 Å². The second-order valence-corrected chi connectivity index (χ2v) is 8.68. The molecule has 2 aromatic carbocycles. The fraction of sp³-hybridized carbons (Fsp3) is 0.200. The third-order valence-corrected chi connectivity index (χ3v) is 5.94. The number of carbonyl (C=O) groups is 2. The lowest BCUT2D eigenvalue weighted by atomic mass is 10.2. The van der Waals surface area contributed by atoms with Gasteiger partial charge in [-0.25, -0.2) is 14.5 Å². The maximum absolute atomic E-state index is 12.4. The summed E-state index contributed by atoms with van der Waals surface area (Å²) in [6.07, 6.45) is 0.167. The predicted molar refractivity (Wildman–Crippen MR) is 128 cm³/mol. The standard InChI is InChI=1S/C25H24N4O3S/c1-16-6-4-5-7-22(16)27-23(30)13-24-26-20(15-33-24)14-32-25(31)19-8-10-21(11-9-19)29-18(3)12-17(2)28-29/h4-12,15H,13-14H2,1-3H3,(H,27,30). The van der Waals surface area contributed by atoms with Crippen LogP contribution in [0.1, 0.15) is 38.0 Å². The van der Waals surface area contributed by atoms with Crippen molar-refractivity contribution in [2.24, 2.45) is 0 Å². The fourth-order valence-electron chi connectivity index (χ4n) is 3.39. The molecule has 2 heterocycles. The minimum Gasteiger partial charge on any atom is -0.456 e. The molecule has 4 aromatic rings. The van der Waals surface area contributed by atoms with E-state index in [9.17, 15) is 9.59 Å². The van der Waals surface area contributed by atoms with Gasteiger partial charge in [0.2, 0.25) is 5.91 Å². The van der Waals surface area contributed by atoms with Crippen LogP contribution >= 0.6 is 11.3 Å². The zero-order valence-electron chi connectivity index (χ0n) is 18.7. The highest BCUT2D eigenvalue weighted by atomic mass is 32.1. The Kier molecular flexibility index (Phi) is 6.65. The van der Waals surface area contributed by atoms with Crippen molar-refractivity contribution in [3.63, 3.8) is 0 Å². The van der Waals surface area contributed by atoms with Gasteiger partial charge in [-0.05, 0) is 62.7 Å². The van der Waals surface area contributed by atoms with E-state index in [2.05, 4.69) is 15.4 Å². The second-order valence-electron chi connectivity index (χ2n) is 7.73. The molecule has 0 saturated heterocycles. The van der Waals surface area contributed by atoms with Gasteiger partial charge in [0, 0.05) is 16.8 Å². The molecule has 0 aliphatic carbocycles. The number of nitrogens with zero attached hydrogens (tertiary/aromatic N) is 3. The van der Waals surface area contributed by atoms with Crippen LogP contribution < -0.4 is 5.32 Å². The van der Waals surface area contributed by atoms with E-state index < -0.39 is 5.97 Å². The van der Waals surface area contributed by atoms with Crippen molar-refractivity contribution < 1.29 is 14.3 Å². The molecule has 7 nitrogen and oxygen atoms in total. The zero-order valence-corrected chi connectivity index (χ0v) is 19.5. The van der Waals surface area contributed by atoms with Gasteiger partial charge in [-0.1, -0.05) is 18.2 Å². The molecule has 168 valence electrons. The van der Waals surface area contributed by atoms with E-state index in [1.165, 1.54) is 11.3 Å². The second kappa shape index (κ2) is 9.79. The first-order chi connectivity index (χ1) is 15.9. The van der Waals surface area contributed by atoms with Crippen molar-refractivity contribution in [3.05, 3.63) is 93.2 Å². The van der Waals surface area contributed by atoms with Crippen LogP contribution in [0.25, 0.3) is 5.69 Å². The van der Waals surface area contributed by atoms with Crippen LogP contribution in [0.15, 0.2) is 60.0 Å². The molecule has 1 amide bonds. The smallest absolute Gasteiger partial charge is 0.338 e. The first-order valence-corrected chi connectivity index (χ1v) is 11.4. The van der Waals surface area contributed by atoms with Gasteiger partial charge in [0.25, 0.3) is 0 Å². The average Bonchev–Trinajstić information content (AvgIpc) is 3.38. The summed E-state index contributed by atoms with van der Waals surface area (Å²) in [5.74, 6) is -0.563. The highest BCUT2D eigenvalue weighted by Gasteiger charge is 2.13. The number of benzene rings is 2. The maximum Gasteiger partial charge on any atom is 0.338 e. The van der Waals surface area contributed by atoms with Crippen molar-refractivity contribution in [1.82, 2.24) is 14.8 Å². The molecule has 8 heteroatoms. The van der Waals surface area contributed by atoms with Gasteiger partial charge in [-0.15, -0.1) is 11.3 Å². The number of esters is 1. The number of amides is 1. The first-order valence-electron chi connectivity index (χ1n) is 10.5. The van der Waals surface area contributed by atoms with E-state index in [4.69, 9.17) is 4.74 Å². The third kappa shape index (κ3) is 5.53. The van der Waals surface area contributed by atoms with Crippen LogP contribution in [-0.2, 0) is 22.6 Å². The number of nitrogens with one attached hydrogen (secondary N) is 1. The Morgan fingerprint density at radius 3 is 2.52 bits per heavy atom. The summed E-state index contributed by atoms with van der Waals surface area (Å²) in [5.41, 5.74) is 5.70. The topological polar surface area (TPSA) is 86.1 Å².